The Morgan fingerprint density at radius 1 is 1.15 bits per heavy atom. The van der Waals surface area contributed by atoms with Crippen LogP contribution in [-0.4, -0.2) is 23.6 Å². The second kappa shape index (κ2) is 6.86. The molecule has 5 heteroatoms. The highest BCUT2D eigenvalue weighted by atomic mass is 16.5. The Morgan fingerprint density at radius 3 is 2.55 bits per heavy atom. The van der Waals surface area contributed by atoms with Crippen LogP contribution in [0.25, 0.3) is 0 Å². The predicted octanol–water partition coefficient (Wildman–Crippen LogP) is 3.16. The zero-order chi connectivity index (χ0) is 14.4. The molecule has 20 heavy (non-hydrogen) atoms. The van der Waals surface area contributed by atoms with Crippen LogP contribution < -0.4 is 10.1 Å². The van der Waals surface area contributed by atoms with E-state index in [2.05, 4.69) is 15.3 Å². The number of benzene rings is 1. The van der Waals surface area contributed by atoms with Gasteiger partial charge in [0.05, 0.1) is 0 Å². The molecule has 0 amide bonds. The van der Waals surface area contributed by atoms with Crippen molar-refractivity contribution in [2.45, 2.75) is 20.5 Å². The lowest BCUT2D eigenvalue weighted by molar-refractivity contribution is 0.128. The van der Waals surface area contributed by atoms with Crippen molar-refractivity contribution in [3.8, 4) is 11.6 Å². The second-order valence-corrected chi connectivity index (χ2v) is 4.31. The van der Waals surface area contributed by atoms with Crippen LogP contribution in [-0.2, 0) is 11.3 Å². The van der Waals surface area contributed by atoms with Gasteiger partial charge in [0.1, 0.15) is 18.2 Å². The van der Waals surface area contributed by atoms with Crippen LogP contribution in [0, 0.1) is 6.92 Å². The molecule has 1 heterocycles. The van der Waals surface area contributed by atoms with Gasteiger partial charge < -0.3 is 14.8 Å². The van der Waals surface area contributed by atoms with Crippen molar-refractivity contribution in [2.24, 2.45) is 0 Å². The Bertz CT molecular complexity index is 556. The molecule has 0 saturated carbocycles. The van der Waals surface area contributed by atoms with E-state index in [4.69, 9.17) is 9.47 Å². The van der Waals surface area contributed by atoms with Gasteiger partial charge in [-0.1, -0.05) is 17.7 Å². The third-order valence-corrected chi connectivity index (χ3v) is 2.68. The predicted molar refractivity (Wildman–Crippen MR) is 78.2 cm³/mol. The Kier molecular flexibility index (Phi) is 4.90. The third kappa shape index (κ3) is 3.93. The minimum absolute atomic E-state index is 0.371. The highest BCUT2D eigenvalue weighted by Crippen LogP contribution is 2.22. The van der Waals surface area contributed by atoms with Gasteiger partial charge in [0.15, 0.2) is 5.82 Å². The van der Waals surface area contributed by atoms with Gasteiger partial charge in [0, 0.05) is 19.7 Å². The molecule has 0 atom stereocenters. The Morgan fingerprint density at radius 2 is 1.90 bits per heavy atom. The van der Waals surface area contributed by atoms with Crippen molar-refractivity contribution < 1.29 is 9.47 Å². The minimum atomic E-state index is 0.371. The van der Waals surface area contributed by atoms with Crippen LogP contribution in [0.1, 0.15) is 18.3 Å². The molecule has 106 valence electrons. The van der Waals surface area contributed by atoms with E-state index in [1.54, 1.807) is 6.07 Å². The molecule has 0 unspecified atom stereocenters. The van der Waals surface area contributed by atoms with Crippen LogP contribution in [0.3, 0.4) is 0 Å². The first-order valence-corrected chi connectivity index (χ1v) is 6.59. The highest BCUT2D eigenvalue weighted by Gasteiger charge is 2.06. The topological polar surface area (TPSA) is 56.3 Å². The van der Waals surface area contributed by atoms with Crippen LogP contribution >= 0.6 is 0 Å². The monoisotopic (exact) mass is 273 g/mol. The number of aromatic nitrogens is 2. The third-order valence-electron chi connectivity index (χ3n) is 2.68. The summed E-state index contributed by atoms with van der Waals surface area (Å²) in [5.74, 6) is 2.55. The summed E-state index contributed by atoms with van der Waals surface area (Å²) in [6.07, 6.45) is 0. The second-order valence-electron chi connectivity index (χ2n) is 4.31. The van der Waals surface area contributed by atoms with Crippen LogP contribution in [0.4, 0.5) is 5.82 Å². The lowest BCUT2D eigenvalue weighted by Gasteiger charge is -2.09. The highest BCUT2D eigenvalue weighted by molar-refractivity contribution is 5.39. The number of nitrogens with one attached hydrogen (secondary N) is 1. The van der Waals surface area contributed by atoms with E-state index in [1.807, 2.05) is 45.2 Å². The summed E-state index contributed by atoms with van der Waals surface area (Å²) in [7, 11) is 1.81. The number of hydrogen-bond acceptors (Lipinski definition) is 5. The van der Waals surface area contributed by atoms with E-state index >= 15 is 0 Å². The molecule has 0 spiro atoms. The Balaban J connectivity index is 2.19. The van der Waals surface area contributed by atoms with Gasteiger partial charge in [-0.25, -0.2) is 4.98 Å². The Labute approximate surface area is 119 Å². The summed E-state index contributed by atoms with van der Waals surface area (Å²) in [5, 5.41) is 2.99. The summed E-state index contributed by atoms with van der Waals surface area (Å²) < 4.78 is 11.1. The smallest absolute Gasteiger partial charge is 0.224 e. The molecule has 1 aromatic carbocycles. The van der Waals surface area contributed by atoms with Gasteiger partial charge in [-0.05, 0) is 26.0 Å². The Hall–Kier alpha value is -2.14. The summed E-state index contributed by atoms with van der Waals surface area (Å²) in [5.41, 5.74) is 1.19. The molecule has 5 nitrogen and oxygen atoms in total. The number of rotatable bonds is 6. The van der Waals surface area contributed by atoms with Gasteiger partial charge >= 0.3 is 0 Å². The van der Waals surface area contributed by atoms with Crippen LogP contribution in [0.15, 0.2) is 30.3 Å². The van der Waals surface area contributed by atoms with E-state index in [0.29, 0.717) is 30.7 Å². The zero-order valence-electron chi connectivity index (χ0n) is 12.0. The fourth-order valence-electron chi connectivity index (χ4n) is 1.64. The summed E-state index contributed by atoms with van der Waals surface area (Å²) >= 11 is 0. The van der Waals surface area contributed by atoms with E-state index in [9.17, 15) is 0 Å². The zero-order valence-corrected chi connectivity index (χ0v) is 12.0. The molecule has 0 aliphatic carbocycles. The summed E-state index contributed by atoms with van der Waals surface area (Å²) in [6.45, 7) is 4.97. The number of ether oxygens (including phenoxy) is 2. The van der Waals surface area contributed by atoms with Crippen molar-refractivity contribution in [1.29, 1.82) is 0 Å². The number of hydrogen-bond donors (Lipinski definition) is 1. The van der Waals surface area contributed by atoms with Gasteiger partial charge in [0.2, 0.25) is 5.88 Å². The quantitative estimate of drug-likeness (QED) is 0.876. The average Bonchev–Trinajstić information content (AvgIpc) is 2.47. The molecule has 2 aromatic rings. The standard InChI is InChI=1S/C15H19N3O2/c1-4-19-10-14-17-13(16-3)9-15(18-14)20-12-7-5-11(2)6-8-12/h5-9H,4,10H2,1-3H3,(H,16,17,18). The molecular formula is C15H19N3O2. The molecule has 0 aliphatic heterocycles. The lowest BCUT2D eigenvalue weighted by atomic mass is 10.2. The van der Waals surface area contributed by atoms with E-state index in [0.717, 1.165) is 5.75 Å². The maximum Gasteiger partial charge on any atom is 0.224 e. The van der Waals surface area contributed by atoms with Crippen LogP contribution in [0.2, 0.25) is 0 Å². The van der Waals surface area contributed by atoms with Crippen molar-refractivity contribution in [3.63, 3.8) is 0 Å². The fraction of sp³-hybridized carbons (Fsp3) is 0.333. The SMILES string of the molecule is CCOCc1nc(NC)cc(Oc2ccc(C)cc2)n1. The molecule has 0 saturated heterocycles. The normalized spacial score (nSPS) is 10.3. The van der Waals surface area contributed by atoms with Crippen molar-refractivity contribution in [2.75, 3.05) is 19.0 Å². The maximum atomic E-state index is 5.75. The summed E-state index contributed by atoms with van der Waals surface area (Å²) in [6, 6.07) is 9.58. The lowest BCUT2D eigenvalue weighted by Crippen LogP contribution is -2.04. The fourth-order valence-corrected chi connectivity index (χ4v) is 1.64. The minimum Gasteiger partial charge on any atom is -0.439 e. The first-order chi connectivity index (χ1) is 9.71. The van der Waals surface area contributed by atoms with E-state index in [-0.39, 0.29) is 0 Å². The molecule has 0 aliphatic rings. The molecule has 0 fully saturated rings. The van der Waals surface area contributed by atoms with E-state index in [1.165, 1.54) is 5.56 Å². The molecule has 0 radical (unpaired) electrons. The molecule has 1 N–H and O–H groups in total. The molecular weight excluding hydrogens is 254 g/mol. The summed E-state index contributed by atoms with van der Waals surface area (Å²) in [4.78, 5) is 8.66. The van der Waals surface area contributed by atoms with Crippen molar-refractivity contribution in [3.05, 3.63) is 41.7 Å². The first-order valence-electron chi connectivity index (χ1n) is 6.59. The van der Waals surface area contributed by atoms with Gasteiger partial charge in [-0.2, -0.15) is 4.98 Å². The van der Waals surface area contributed by atoms with Gasteiger partial charge in [-0.15, -0.1) is 0 Å². The largest absolute Gasteiger partial charge is 0.439 e. The number of nitrogens with zero attached hydrogens (tertiary/aromatic N) is 2. The molecule has 0 bridgehead atoms. The van der Waals surface area contributed by atoms with Crippen LogP contribution in [0.5, 0.6) is 11.6 Å². The maximum absolute atomic E-state index is 5.75. The van der Waals surface area contributed by atoms with E-state index < -0.39 is 0 Å². The first kappa shape index (κ1) is 14.3. The average molecular weight is 273 g/mol. The van der Waals surface area contributed by atoms with Crippen molar-refractivity contribution in [1.82, 2.24) is 9.97 Å². The number of aryl methyl sites for hydroxylation is 1. The molecule has 1 aromatic heterocycles. The van der Waals surface area contributed by atoms with Gasteiger partial charge in [-0.3, -0.25) is 0 Å². The van der Waals surface area contributed by atoms with Crippen molar-refractivity contribution >= 4 is 5.82 Å². The molecule has 2 rings (SSSR count). The van der Waals surface area contributed by atoms with Gasteiger partial charge in [0.25, 0.3) is 0 Å². The number of anilines is 1.